The topological polar surface area (TPSA) is 62.4 Å². The summed E-state index contributed by atoms with van der Waals surface area (Å²) in [6.07, 6.45) is 2.47. The maximum Gasteiger partial charge on any atom is 0.130 e. The molecule has 1 aliphatic heterocycles. The first kappa shape index (κ1) is 9.27. The molecule has 4 heteroatoms. The standard InChI is InChI=1S/C10H15N3O/c1-10(14)3-5-13(7-10)9-6-8(11)2-4-12-9/h2,4,6,14H,3,5,7H2,1H3,(H2,11,12). The summed E-state index contributed by atoms with van der Waals surface area (Å²) in [7, 11) is 0. The van der Waals surface area contributed by atoms with Crippen LogP contribution in [0.25, 0.3) is 0 Å². The number of aromatic nitrogens is 1. The highest BCUT2D eigenvalue weighted by Gasteiger charge is 2.31. The van der Waals surface area contributed by atoms with Crippen molar-refractivity contribution in [3.8, 4) is 0 Å². The Morgan fingerprint density at radius 3 is 3.00 bits per heavy atom. The summed E-state index contributed by atoms with van der Waals surface area (Å²) >= 11 is 0. The lowest BCUT2D eigenvalue weighted by Crippen LogP contribution is -2.29. The van der Waals surface area contributed by atoms with Crippen molar-refractivity contribution in [2.24, 2.45) is 0 Å². The van der Waals surface area contributed by atoms with Crippen molar-refractivity contribution in [2.45, 2.75) is 18.9 Å². The van der Waals surface area contributed by atoms with Gasteiger partial charge in [0.2, 0.25) is 0 Å². The van der Waals surface area contributed by atoms with Gasteiger partial charge in [0.25, 0.3) is 0 Å². The van der Waals surface area contributed by atoms with E-state index in [4.69, 9.17) is 5.73 Å². The zero-order chi connectivity index (χ0) is 10.2. The lowest BCUT2D eigenvalue weighted by molar-refractivity contribution is 0.0839. The average molecular weight is 193 g/mol. The molecule has 4 nitrogen and oxygen atoms in total. The Bertz CT molecular complexity index is 338. The SMILES string of the molecule is CC1(O)CCN(c2cc(N)ccn2)C1. The number of anilines is 2. The Kier molecular flexibility index (Phi) is 2.07. The fourth-order valence-electron chi connectivity index (χ4n) is 1.75. The van der Waals surface area contributed by atoms with Crippen LogP contribution in [0, 0.1) is 0 Å². The second-order valence-electron chi connectivity index (χ2n) is 4.12. The van der Waals surface area contributed by atoms with Crippen molar-refractivity contribution < 1.29 is 5.11 Å². The first-order valence-electron chi connectivity index (χ1n) is 4.76. The van der Waals surface area contributed by atoms with Crippen molar-refractivity contribution in [3.05, 3.63) is 18.3 Å². The van der Waals surface area contributed by atoms with Crippen molar-refractivity contribution in [1.82, 2.24) is 4.98 Å². The monoisotopic (exact) mass is 193 g/mol. The van der Waals surface area contributed by atoms with E-state index in [0.29, 0.717) is 12.2 Å². The van der Waals surface area contributed by atoms with E-state index in [2.05, 4.69) is 9.88 Å². The van der Waals surface area contributed by atoms with Crippen molar-refractivity contribution >= 4 is 11.5 Å². The Labute approximate surface area is 83.4 Å². The van der Waals surface area contributed by atoms with Crippen LogP contribution in [-0.2, 0) is 0 Å². The highest BCUT2D eigenvalue weighted by molar-refractivity contribution is 5.51. The first-order chi connectivity index (χ1) is 6.57. The number of aliphatic hydroxyl groups is 1. The van der Waals surface area contributed by atoms with E-state index in [1.807, 2.05) is 13.0 Å². The molecule has 1 aliphatic rings. The third-order valence-corrected chi connectivity index (χ3v) is 2.55. The third kappa shape index (κ3) is 1.80. The van der Waals surface area contributed by atoms with Gasteiger partial charge in [-0.2, -0.15) is 0 Å². The summed E-state index contributed by atoms with van der Waals surface area (Å²) in [5.74, 6) is 0.850. The number of nitrogens with zero attached hydrogens (tertiary/aromatic N) is 2. The van der Waals surface area contributed by atoms with Crippen molar-refractivity contribution in [1.29, 1.82) is 0 Å². The molecule has 0 spiro atoms. The maximum atomic E-state index is 9.79. The van der Waals surface area contributed by atoms with Crippen LogP contribution in [0.5, 0.6) is 0 Å². The number of nitrogens with two attached hydrogens (primary N) is 1. The van der Waals surface area contributed by atoms with Gasteiger partial charge in [-0.05, 0) is 19.4 Å². The minimum Gasteiger partial charge on any atom is -0.399 e. The van der Waals surface area contributed by atoms with Gasteiger partial charge in [-0.15, -0.1) is 0 Å². The molecular weight excluding hydrogens is 178 g/mol. The van der Waals surface area contributed by atoms with E-state index in [-0.39, 0.29) is 0 Å². The van der Waals surface area contributed by atoms with E-state index < -0.39 is 5.60 Å². The molecule has 0 aliphatic carbocycles. The molecule has 0 amide bonds. The number of β-amino-alcohol motifs (C(OH)–C–C–N with tert-alkyl or cyclic N) is 1. The second-order valence-corrected chi connectivity index (χ2v) is 4.12. The van der Waals surface area contributed by atoms with Gasteiger partial charge in [-0.25, -0.2) is 4.98 Å². The predicted molar refractivity (Wildman–Crippen MR) is 56.1 cm³/mol. The van der Waals surface area contributed by atoms with Gasteiger partial charge in [0.1, 0.15) is 5.82 Å². The molecule has 1 aromatic rings. The zero-order valence-electron chi connectivity index (χ0n) is 8.27. The Balaban J connectivity index is 2.17. The van der Waals surface area contributed by atoms with Crippen LogP contribution < -0.4 is 10.6 Å². The highest BCUT2D eigenvalue weighted by Crippen LogP contribution is 2.25. The molecule has 14 heavy (non-hydrogen) atoms. The molecule has 0 aromatic carbocycles. The summed E-state index contributed by atoms with van der Waals surface area (Å²) < 4.78 is 0. The van der Waals surface area contributed by atoms with Crippen LogP contribution in [0.15, 0.2) is 18.3 Å². The van der Waals surface area contributed by atoms with Crippen LogP contribution >= 0.6 is 0 Å². The third-order valence-electron chi connectivity index (χ3n) is 2.55. The number of hydrogen-bond donors (Lipinski definition) is 2. The molecule has 2 rings (SSSR count). The van der Waals surface area contributed by atoms with Gasteiger partial charge in [-0.1, -0.05) is 0 Å². The minimum absolute atomic E-state index is 0.591. The lowest BCUT2D eigenvalue weighted by atomic mass is 10.1. The maximum absolute atomic E-state index is 9.79. The van der Waals surface area contributed by atoms with E-state index in [1.54, 1.807) is 12.3 Å². The Hall–Kier alpha value is -1.29. The summed E-state index contributed by atoms with van der Waals surface area (Å²) in [6.45, 7) is 3.31. The molecule has 1 atom stereocenters. The van der Waals surface area contributed by atoms with Crippen LogP contribution in [0.3, 0.4) is 0 Å². The van der Waals surface area contributed by atoms with Gasteiger partial charge < -0.3 is 15.7 Å². The van der Waals surface area contributed by atoms with E-state index in [9.17, 15) is 5.11 Å². The summed E-state index contributed by atoms with van der Waals surface area (Å²) in [5.41, 5.74) is 5.78. The molecule has 0 bridgehead atoms. The van der Waals surface area contributed by atoms with Crippen LogP contribution in [0.1, 0.15) is 13.3 Å². The van der Waals surface area contributed by atoms with Gasteiger partial charge in [0.15, 0.2) is 0 Å². The fourth-order valence-corrected chi connectivity index (χ4v) is 1.75. The van der Waals surface area contributed by atoms with Gasteiger partial charge in [0, 0.05) is 31.0 Å². The number of rotatable bonds is 1. The quantitative estimate of drug-likeness (QED) is 0.686. The second kappa shape index (κ2) is 3.13. The van der Waals surface area contributed by atoms with Crippen LogP contribution in [0.2, 0.25) is 0 Å². The van der Waals surface area contributed by atoms with Crippen molar-refractivity contribution in [3.63, 3.8) is 0 Å². The van der Waals surface area contributed by atoms with Gasteiger partial charge in [0.05, 0.1) is 5.60 Å². The molecule has 0 saturated carbocycles. The van der Waals surface area contributed by atoms with Crippen LogP contribution in [0.4, 0.5) is 11.5 Å². The van der Waals surface area contributed by atoms with Gasteiger partial charge in [-0.3, -0.25) is 0 Å². The fraction of sp³-hybridized carbons (Fsp3) is 0.500. The number of pyridine rings is 1. The van der Waals surface area contributed by atoms with E-state index in [0.717, 1.165) is 18.8 Å². The molecular formula is C10H15N3O. The molecule has 76 valence electrons. The molecule has 1 saturated heterocycles. The average Bonchev–Trinajstić information content (AvgIpc) is 2.46. The molecule has 1 aromatic heterocycles. The van der Waals surface area contributed by atoms with E-state index in [1.165, 1.54) is 0 Å². The summed E-state index contributed by atoms with van der Waals surface area (Å²) in [6, 6.07) is 3.60. The Morgan fingerprint density at radius 1 is 1.64 bits per heavy atom. The molecule has 1 fully saturated rings. The number of nitrogen functional groups attached to an aromatic ring is 1. The normalized spacial score (nSPS) is 26.9. The number of hydrogen-bond acceptors (Lipinski definition) is 4. The molecule has 1 unspecified atom stereocenters. The van der Waals surface area contributed by atoms with Gasteiger partial charge >= 0.3 is 0 Å². The smallest absolute Gasteiger partial charge is 0.130 e. The molecule has 3 N–H and O–H groups in total. The summed E-state index contributed by atoms with van der Waals surface area (Å²) in [5, 5.41) is 9.79. The Morgan fingerprint density at radius 2 is 2.43 bits per heavy atom. The lowest BCUT2D eigenvalue weighted by Gasteiger charge is -2.19. The van der Waals surface area contributed by atoms with E-state index >= 15 is 0 Å². The zero-order valence-corrected chi connectivity index (χ0v) is 8.27. The van der Waals surface area contributed by atoms with Crippen LogP contribution in [-0.4, -0.2) is 28.8 Å². The highest BCUT2D eigenvalue weighted by atomic mass is 16.3. The predicted octanol–water partition coefficient (Wildman–Crippen LogP) is 0.625. The molecule has 0 radical (unpaired) electrons. The largest absolute Gasteiger partial charge is 0.399 e. The minimum atomic E-state index is -0.591. The van der Waals surface area contributed by atoms with Crippen molar-refractivity contribution in [2.75, 3.05) is 23.7 Å². The molecule has 2 heterocycles. The summed E-state index contributed by atoms with van der Waals surface area (Å²) in [4.78, 5) is 6.27. The first-order valence-corrected chi connectivity index (χ1v) is 4.76.